The SMILES string of the molecule is NCC(NC(=O)CCCc1ccc2c(c1)-c1ccccc1C2)C1CC1. The Morgan fingerprint density at radius 1 is 1.12 bits per heavy atom. The average Bonchev–Trinajstić information content (AvgIpc) is 3.40. The van der Waals surface area contributed by atoms with Crippen molar-refractivity contribution < 1.29 is 4.79 Å². The number of aryl methyl sites for hydroxylation is 1. The van der Waals surface area contributed by atoms with Crippen molar-refractivity contribution in [3.63, 3.8) is 0 Å². The van der Waals surface area contributed by atoms with E-state index in [1.165, 1.54) is 40.7 Å². The number of amides is 1. The van der Waals surface area contributed by atoms with Crippen LogP contribution in [0.15, 0.2) is 42.5 Å². The minimum Gasteiger partial charge on any atom is -0.352 e. The molecule has 3 N–H and O–H groups in total. The van der Waals surface area contributed by atoms with Crippen molar-refractivity contribution >= 4 is 5.91 Å². The first kappa shape index (κ1) is 16.3. The summed E-state index contributed by atoms with van der Waals surface area (Å²) in [5, 5.41) is 3.11. The minimum atomic E-state index is 0.147. The van der Waals surface area contributed by atoms with E-state index in [1.807, 2.05) is 0 Å². The number of hydrogen-bond donors (Lipinski definition) is 2. The normalized spacial score (nSPS) is 16.2. The third-order valence-corrected chi connectivity index (χ3v) is 5.52. The number of carbonyl (C=O) groups is 1. The summed E-state index contributed by atoms with van der Waals surface area (Å²) in [6.07, 6.45) is 5.86. The zero-order valence-corrected chi connectivity index (χ0v) is 14.6. The highest BCUT2D eigenvalue weighted by Crippen LogP contribution is 2.37. The Bertz CT molecular complexity index is 779. The molecule has 3 nitrogen and oxygen atoms in total. The number of nitrogens with one attached hydrogen (secondary N) is 1. The molecule has 0 bridgehead atoms. The second kappa shape index (κ2) is 7.01. The Hall–Kier alpha value is -2.13. The Morgan fingerprint density at radius 2 is 1.92 bits per heavy atom. The molecule has 2 aromatic rings. The van der Waals surface area contributed by atoms with Crippen LogP contribution in [0.2, 0.25) is 0 Å². The van der Waals surface area contributed by atoms with Crippen LogP contribution in [-0.4, -0.2) is 18.5 Å². The van der Waals surface area contributed by atoms with Gasteiger partial charge in [0.1, 0.15) is 0 Å². The first-order valence-electron chi connectivity index (χ1n) is 9.44. The summed E-state index contributed by atoms with van der Waals surface area (Å²) < 4.78 is 0. The van der Waals surface area contributed by atoms with Gasteiger partial charge in [-0.2, -0.15) is 0 Å². The molecule has 1 amide bonds. The molecule has 0 heterocycles. The smallest absolute Gasteiger partial charge is 0.220 e. The second-order valence-corrected chi connectivity index (χ2v) is 7.43. The van der Waals surface area contributed by atoms with Crippen molar-refractivity contribution in [3.05, 3.63) is 59.2 Å². The van der Waals surface area contributed by atoms with Crippen LogP contribution in [0.1, 0.15) is 42.4 Å². The predicted molar refractivity (Wildman–Crippen MR) is 101 cm³/mol. The van der Waals surface area contributed by atoms with E-state index in [9.17, 15) is 4.79 Å². The van der Waals surface area contributed by atoms with Crippen LogP contribution in [0.3, 0.4) is 0 Å². The van der Waals surface area contributed by atoms with Gasteiger partial charge in [-0.05, 0) is 65.8 Å². The number of hydrogen-bond acceptors (Lipinski definition) is 2. The highest BCUT2D eigenvalue weighted by molar-refractivity contribution is 5.77. The molecule has 0 aromatic heterocycles. The molecule has 4 rings (SSSR count). The van der Waals surface area contributed by atoms with Gasteiger partial charge in [0.25, 0.3) is 0 Å². The summed E-state index contributed by atoms with van der Waals surface area (Å²) in [5.41, 5.74) is 12.6. The average molecular weight is 334 g/mol. The maximum absolute atomic E-state index is 12.1. The maximum atomic E-state index is 12.1. The fraction of sp³-hybridized carbons (Fsp3) is 0.409. The monoisotopic (exact) mass is 334 g/mol. The van der Waals surface area contributed by atoms with Crippen LogP contribution in [0.5, 0.6) is 0 Å². The highest BCUT2D eigenvalue weighted by atomic mass is 16.1. The summed E-state index contributed by atoms with van der Waals surface area (Å²) in [6.45, 7) is 0.556. The summed E-state index contributed by atoms with van der Waals surface area (Å²) >= 11 is 0. The molecular weight excluding hydrogens is 308 g/mol. The van der Waals surface area contributed by atoms with E-state index in [1.54, 1.807) is 0 Å². The first-order chi connectivity index (χ1) is 12.2. The molecule has 1 atom stereocenters. The fourth-order valence-electron chi connectivity index (χ4n) is 3.93. The summed E-state index contributed by atoms with van der Waals surface area (Å²) in [7, 11) is 0. The Balaban J connectivity index is 1.33. The molecule has 0 radical (unpaired) electrons. The topological polar surface area (TPSA) is 55.1 Å². The van der Waals surface area contributed by atoms with Crippen molar-refractivity contribution in [1.29, 1.82) is 0 Å². The van der Waals surface area contributed by atoms with Crippen LogP contribution >= 0.6 is 0 Å². The molecule has 2 aliphatic rings. The Morgan fingerprint density at radius 3 is 2.72 bits per heavy atom. The van der Waals surface area contributed by atoms with E-state index in [-0.39, 0.29) is 11.9 Å². The number of carbonyl (C=O) groups excluding carboxylic acids is 1. The van der Waals surface area contributed by atoms with Gasteiger partial charge >= 0.3 is 0 Å². The molecule has 3 heteroatoms. The number of fused-ring (bicyclic) bond motifs is 3. The van der Waals surface area contributed by atoms with Crippen molar-refractivity contribution in [3.8, 4) is 11.1 Å². The molecule has 25 heavy (non-hydrogen) atoms. The largest absolute Gasteiger partial charge is 0.352 e. The highest BCUT2D eigenvalue weighted by Gasteiger charge is 2.31. The maximum Gasteiger partial charge on any atom is 0.220 e. The van der Waals surface area contributed by atoms with E-state index in [0.717, 1.165) is 19.3 Å². The van der Waals surface area contributed by atoms with Crippen molar-refractivity contribution in [2.24, 2.45) is 11.7 Å². The van der Waals surface area contributed by atoms with E-state index >= 15 is 0 Å². The zero-order valence-electron chi connectivity index (χ0n) is 14.6. The van der Waals surface area contributed by atoms with Gasteiger partial charge in [-0.3, -0.25) is 4.79 Å². The molecule has 130 valence electrons. The molecule has 0 saturated heterocycles. The van der Waals surface area contributed by atoms with Gasteiger partial charge in [-0.1, -0.05) is 42.5 Å². The number of benzene rings is 2. The summed E-state index contributed by atoms with van der Waals surface area (Å²) in [5.74, 6) is 0.764. The molecule has 0 aliphatic heterocycles. The molecule has 1 unspecified atom stereocenters. The lowest BCUT2D eigenvalue weighted by Crippen LogP contribution is -2.41. The lowest BCUT2D eigenvalue weighted by Gasteiger charge is -2.15. The third kappa shape index (κ3) is 3.62. The van der Waals surface area contributed by atoms with E-state index in [2.05, 4.69) is 47.8 Å². The molecule has 1 fully saturated rings. The van der Waals surface area contributed by atoms with E-state index in [0.29, 0.717) is 18.9 Å². The lowest BCUT2D eigenvalue weighted by atomic mass is 10.00. The molecular formula is C22H26N2O. The quantitative estimate of drug-likeness (QED) is 0.695. The van der Waals surface area contributed by atoms with Crippen LogP contribution in [0.4, 0.5) is 0 Å². The van der Waals surface area contributed by atoms with Gasteiger partial charge < -0.3 is 11.1 Å². The lowest BCUT2D eigenvalue weighted by molar-refractivity contribution is -0.122. The molecule has 2 aromatic carbocycles. The van der Waals surface area contributed by atoms with Gasteiger partial charge in [-0.25, -0.2) is 0 Å². The third-order valence-electron chi connectivity index (χ3n) is 5.52. The van der Waals surface area contributed by atoms with Gasteiger partial charge in [0.2, 0.25) is 5.91 Å². The number of rotatable bonds is 7. The van der Waals surface area contributed by atoms with Crippen LogP contribution in [-0.2, 0) is 17.6 Å². The molecule has 2 aliphatic carbocycles. The van der Waals surface area contributed by atoms with E-state index < -0.39 is 0 Å². The van der Waals surface area contributed by atoms with Crippen LogP contribution < -0.4 is 11.1 Å². The van der Waals surface area contributed by atoms with E-state index in [4.69, 9.17) is 5.73 Å². The molecule has 0 spiro atoms. The minimum absolute atomic E-state index is 0.147. The zero-order chi connectivity index (χ0) is 17.2. The van der Waals surface area contributed by atoms with Gasteiger partial charge in [-0.15, -0.1) is 0 Å². The fourth-order valence-corrected chi connectivity index (χ4v) is 3.93. The summed E-state index contributed by atoms with van der Waals surface area (Å²) in [4.78, 5) is 12.1. The van der Waals surface area contributed by atoms with Gasteiger partial charge in [0, 0.05) is 19.0 Å². The molecule has 1 saturated carbocycles. The summed E-state index contributed by atoms with van der Waals surface area (Å²) in [6, 6.07) is 15.6. The first-order valence-corrected chi connectivity index (χ1v) is 9.44. The second-order valence-electron chi connectivity index (χ2n) is 7.43. The van der Waals surface area contributed by atoms with Gasteiger partial charge in [0.05, 0.1) is 0 Å². The van der Waals surface area contributed by atoms with Gasteiger partial charge in [0.15, 0.2) is 0 Å². The standard InChI is InChI=1S/C22H26N2O/c23-14-21(16-10-11-16)24-22(25)7-3-4-15-8-9-18-13-17-5-1-2-6-19(17)20(18)12-15/h1-2,5-6,8-9,12,16,21H,3-4,7,10-11,13-14,23H2,(H,24,25). The Kier molecular flexibility index (Phi) is 4.58. The van der Waals surface area contributed by atoms with Crippen molar-refractivity contribution in [1.82, 2.24) is 5.32 Å². The van der Waals surface area contributed by atoms with Crippen molar-refractivity contribution in [2.45, 2.75) is 44.6 Å². The van der Waals surface area contributed by atoms with Crippen LogP contribution in [0, 0.1) is 5.92 Å². The Labute approximate surface area is 149 Å². The van der Waals surface area contributed by atoms with Crippen LogP contribution in [0.25, 0.3) is 11.1 Å². The number of nitrogens with two attached hydrogens (primary N) is 1. The predicted octanol–water partition coefficient (Wildman–Crippen LogP) is 3.43. The van der Waals surface area contributed by atoms with Crippen molar-refractivity contribution in [2.75, 3.05) is 6.54 Å².